The van der Waals surface area contributed by atoms with Crippen LogP contribution in [0.5, 0.6) is 5.75 Å². The predicted octanol–water partition coefficient (Wildman–Crippen LogP) is 4.25. The average Bonchev–Trinajstić information content (AvgIpc) is 2.61. The Morgan fingerprint density at radius 3 is 2.50 bits per heavy atom. The number of nitrogens with one attached hydrogen (secondary N) is 1. The van der Waals surface area contributed by atoms with Crippen LogP contribution in [-0.4, -0.2) is 24.1 Å². The lowest BCUT2D eigenvalue weighted by molar-refractivity contribution is 0.203. The van der Waals surface area contributed by atoms with Gasteiger partial charge in [-0.1, -0.05) is 24.3 Å². The predicted molar refractivity (Wildman–Crippen MR) is 102 cm³/mol. The number of carbonyl (C=O) groups is 1. The van der Waals surface area contributed by atoms with Gasteiger partial charge in [-0.15, -0.1) is 0 Å². The number of rotatable bonds is 6. The van der Waals surface area contributed by atoms with E-state index in [-0.39, 0.29) is 18.2 Å². The molecule has 1 atom stereocenters. The van der Waals surface area contributed by atoms with E-state index in [0.29, 0.717) is 12.1 Å². The molecule has 0 aromatic heterocycles. The minimum absolute atomic E-state index is 0.122. The molecule has 1 N–H and O–H groups in total. The van der Waals surface area contributed by atoms with Crippen LogP contribution in [0.2, 0.25) is 0 Å². The summed E-state index contributed by atoms with van der Waals surface area (Å²) in [5.41, 5.74) is 2.52. The molecule has 136 valence electrons. The molecular weight excluding hydrogens is 326 g/mol. The summed E-state index contributed by atoms with van der Waals surface area (Å²) in [5.74, 6) is 0.816. The molecule has 2 amide bonds. The molecule has 0 aliphatic heterocycles. The quantitative estimate of drug-likeness (QED) is 0.846. The molecule has 0 saturated carbocycles. The fraction of sp³-hybridized carbons (Fsp3) is 0.333. The second kappa shape index (κ2) is 8.91. The first-order chi connectivity index (χ1) is 12.4. The van der Waals surface area contributed by atoms with Gasteiger partial charge in [-0.05, 0) is 56.2 Å². The largest absolute Gasteiger partial charge is 0.491 e. The third-order valence-electron chi connectivity index (χ3n) is 3.91. The number of amides is 2. The van der Waals surface area contributed by atoms with Crippen LogP contribution in [-0.2, 0) is 6.54 Å². The van der Waals surface area contributed by atoms with E-state index in [4.69, 9.17) is 10.00 Å². The molecule has 0 aliphatic rings. The summed E-state index contributed by atoms with van der Waals surface area (Å²) in [6.07, 6.45) is 0.131. The number of ether oxygens (including phenoxy) is 1. The first-order valence-electron chi connectivity index (χ1n) is 8.66. The lowest BCUT2D eigenvalue weighted by Gasteiger charge is -2.22. The molecule has 0 aliphatic carbocycles. The molecule has 2 aromatic rings. The van der Waals surface area contributed by atoms with E-state index in [1.165, 1.54) is 0 Å². The number of benzene rings is 2. The Morgan fingerprint density at radius 1 is 1.19 bits per heavy atom. The minimum atomic E-state index is -0.164. The molecule has 0 saturated heterocycles. The first-order valence-corrected chi connectivity index (χ1v) is 8.66. The van der Waals surface area contributed by atoms with Crippen LogP contribution in [0, 0.1) is 11.3 Å². The zero-order valence-corrected chi connectivity index (χ0v) is 15.7. The van der Waals surface area contributed by atoms with E-state index in [1.807, 2.05) is 57.2 Å². The molecule has 5 nitrogen and oxygen atoms in total. The van der Waals surface area contributed by atoms with Gasteiger partial charge in [0.2, 0.25) is 0 Å². The van der Waals surface area contributed by atoms with Crippen molar-refractivity contribution in [2.45, 2.75) is 39.5 Å². The van der Waals surface area contributed by atoms with Crippen molar-refractivity contribution in [3.05, 3.63) is 65.2 Å². The molecule has 0 fully saturated rings. The van der Waals surface area contributed by atoms with Crippen molar-refractivity contribution in [2.24, 2.45) is 0 Å². The molecule has 0 bridgehead atoms. The van der Waals surface area contributed by atoms with Crippen LogP contribution in [0.4, 0.5) is 4.79 Å². The van der Waals surface area contributed by atoms with E-state index in [9.17, 15) is 4.79 Å². The SMILES string of the molecule is CC(C)Oc1ccc(C(C)NC(=O)N(C)Cc2cccc(C#N)c2)cc1. The smallest absolute Gasteiger partial charge is 0.317 e. The Morgan fingerprint density at radius 2 is 1.88 bits per heavy atom. The Hall–Kier alpha value is -3.00. The summed E-state index contributed by atoms with van der Waals surface area (Å²) in [6, 6.07) is 16.8. The van der Waals surface area contributed by atoms with E-state index < -0.39 is 0 Å². The highest BCUT2D eigenvalue weighted by Crippen LogP contribution is 2.19. The summed E-state index contributed by atoms with van der Waals surface area (Å²) in [4.78, 5) is 14.0. The summed E-state index contributed by atoms with van der Waals surface area (Å²) >= 11 is 0. The van der Waals surface area contributed by atoms with Crippen molar-refractivity contribution >= 4 is 6.03 Å². The average molecular weight is 351 g/mol. The van der Waals surface area contributed by atoms with Gasteiger partial charge >= 0.3 is 6.03 Å². The first kappa shape index (κ1) is 19.3. The molecule has 0 radical (unpaired) electrons. The van der Waals surface area contributed by atoms with Gasteiger partial charge in [0.15, 0.2) is 0 Å². The van der Waals surface area contributed by atoms with E-state index in [1.54, 1.807) is 24.1 Å². The second-order valence-electron chi connectivity index (χ2n) is 6.58. The third-order valence-corrected chi connectivity index (χ3v) is 3.91. The van der Waals surface area contributed by atoms with Crippen LogP contribution in [0.1, 0.15) is 43.5 Å². The van der Waals surface area contributed by atoms with Crippen LogP contribution in [0.3, 0.4) is 0 Å². The van der Waals surface area contributed by atoms with Gasteiger partial charge in [0.1, 0.15) is 5.75 Å². The molecule has 2 rings (SSSR count). The van der Waals surface area contributed by atoms with Gasteiger partial charge in [0.25, 0.3) is 0 Å². The minimum Gasteiger partial charge on any atom is -0.491 e. The number of hydrogen-bond acceptors (Lipinski definition) is 3. The molecule has 5 heteroatoms. The molecule has 1 unspecified atom stereocenters. The summed E-state index contributed by atoms with van der Waals surface area (Å²) in [5, 5.41) is 12.0. The highest BCUT2D eigenvalue weighted by atomic mass is 16.5. The van der Waals surface area contributed by atoms with Crippen LogP contribution < -0.4 is 10.1 Å². The Bertz CT molecular complexity index is 779. The lowest BCUT2D eigenvalue weighted by atomic mass is 10.1. The number of urea groups is 1. The monoisotopic (exact) mass is 351 g/mol. The maximum Gasteiger partial charge on any atom is 0.317 e. The van der Waals surface area contributed by atoms with E-state index >= 15 is 0 Å². The van der Waals surface area contributed by atoms with Gasteiger partial charge in [-0.3, -0.25) is 0 Å². The molecule has 2 aromatic carbocycles. The molecule has 26 heavy (non-hydrogen) atoms. The fourth-order valence-corrected chi connectivity index (χ4v) is 2.57. The summed E-state index contributed by atoms with van der Waals surface area (Å²) < 4.78 is 5.64. The summed E-state index contributed by atoms with van der Waals surface area (Å²) in [6.45, 7) is 6.35. The maximum absolute atomic E-state index is 12.4. The normalized spacial score (nSPS) is 11.5. The Labute approximate surface area is 155 Å². The van der Waals surface area contributed by atoms with Gasteiger partial charge in [-0.2, -0.15) is 5.26 Å². The highest BCUT2D eigenvalue weighted by Gasteiger charge is 2.14. The highest BCUT2D eigenvalue weighted by molar-refractivity contribution is 5.74. The maximum atomic E-state index is 12.4. The number of carbonyl (C=O) groups excluding carboxylic acids is 1. The second-order valence-corrected chi connectivity index (χ2v) is 6.58. The molecule has 0 heterocycles. The van der Waals surface area contributed by atoms with Crippen LogP contribution in [0.25, 0.3) is 0 Å². The van der Waals surface area contributed by atoms with E-state index in [0.717, 1.165) is 16.9 Å². The lowest BCUT2D eigenvalue weighted by Crippen LogP contribution is -2.38. The zero-order chi connectivity index (χ0) is 19.1. The Kier molecular flexibility index (Phi) is 6.62. The number of nitrogens with zero attached hydrogens (tertiary/aromatic N) is 2. The van der Waals surface area contributed by atoms with Gasteiger partial charge < -0.3 is 15.0 Å². The van der Waals surface area contributed by atoms with Gasteiger partial charge in [0.05, 0.1) is 23.8 Å². The Balaban J connectivity index is 1.94. The van der Waals surface area contributed by atoms with Crippen molar-refractivity contribution in [3.63, 3.8) is 0 Å². The van der Waals surface area contributed by atoms with Crippen molar-refractivity contribution in [1.29, 1.82) is 5.26 Å². The fourth-order valence-electron chi connectivity index (χ4n) is 2.57. The third kappa shape index (κ3) is 5.52. The number of nitriles is 1. The van der Waals surface area contributed by atoms with Crippen LogP contribution in [0.15, 0.2) is 48.5 Å². The molecular formula is C21H25N3O2. The van der Waals surface area contributed by atoms with Crippen molar-refractivity contribution in [1.82, 2.24) is 10.2 Å². The zero-order valence-electron chi connectivity index (χ0n) is 15.7. The van der Waals surface area contributed by atoms with Crippen LogP contribution >= 0.6 is 0 Å². The van der Waals surface area contributed by atoms with Crippen molar-refractivity contribution in [3.8, 4) is 11.8 Å². The van der Waals surface area contributed by atoms with Crippen molar-refractivity contribution < 1.29 is 9.53 Å². The molecule has 0 spiro atoms. The number of hydrogen-bond donors (Lipinski definition) is 1. The standard InChI is InChI=1S/C21H25N3O2/c1-15(2)26-20-10-8-19(9-11-20)16(3)23-21(25)24(4)14-18-7-5-6-17(12-18)13-22/h5-12,15-16H,14H2,1-4H3,(H,23,25). The summed E-state index contributed by atoms with van der Waals surface area (Å²) in [7, 11) is 1.74. The van der Waals surface area contributed by atoms with Gasteiger partial charge in [0, 0.05) is 13.6 Å². The van der Waals surface area contributed by atoms with Crippen molar-refractivity contribution in [2.75, 3.05) is 7.05 Å². The van der Waals surface area contributed by atoms with Gasteiger partial charge in [-0.25, -0.2) is 4.79 Å². The topological polar surface area (TPSA) is 65.4 Å². The van der Waals surface area contributed by atoms with E-state index in [2.05, 4.69) is 11.4 Å².